The molecule has 0 bridgehead atoms. The van der Waals surface area contributed by atoms with Gasteiger partial charge in [-0.2, -0.15) is 0 Å². The van der Waals surface area contributed by atoms with E-state index >= 15 is 0 Å². The molecule has 0 unspecified atom stereocenters. The molecular formula is C25H27ClN2O5S. The van der Waals surface area contributed by atoms with Crippen LogP contribution >= 0.6 is 23.4 Å². The highest BCUT2D eigenvalue weighted by molar-refractivity contribution is 8.01. The minimum atomic E-state index is -0.964. The van der Waals surface area contributed by atoms with Gasteiger partial charge < -0.3 is 20.5 Å². The molecule has 0 spiro atoms. The van der Waals surface area contributed by atoms with Gasteiger partial charge in [-0.05, 0) is 69.2 Å². The maximum atomic E-state index is 12.9. The number of aliphatic carboxylic acids is 1. The van der Waals surface area contributed by atoms with Crippen molar-refractivity contribution >= 4 is 52.5 Å². The average molecular weight is 503 g/mol. The van der Waals surface area contributed by atoms with Crippen LogP contribution in [0.15, 0.2) is 59.5 Å². The van der Waals surface area contributed by atoms with Crippen molar-refractivity contribution < 1.29 is 24.2 Å². The molecule has 2 atom stereocenters. The number of carbonyl (C=O) groups excluding carboxylic acids is 2. The Bertz CT molecular complexity index is 1100. The first-order valence-electron chi connectivity index (χ1n) is 10.7. The van der Waals surface area contributed by atoms with Gasteiger partial charge in [0.25, 0.3) is 0 Å². The highest BCUT2D eigenvalue weighted by Gasteiger charge is 2.34. The zero-order valence-corrected chi connectivity index (χ0v) is 20.7. The van der Waals surface area contributed by atoms with Gasteiger partial charge in [-0.3, -0.25) is 14.4 Å². The summed E-state index contributed by atoms with van der Waals surface area (Å²) in [5.74, 6) is -2.27. The minimum absolute atomic E-state index is 0.193. The first kappa shape index (κ1) is 25.6. The van der Waals surface area contributed by atoms with Gasteiger partial charge in [0.1, 0.15) is 5.75 Å². The van der Waals surface area contributed by atoms with Gasteiger partial charge in [-0.1, -0.05) is 23.8 Å². The van der Waals surface area contributed by atoms with Crippen LogP contribution in [0.3, 0.4) is 0 Å². The molecule has 1 aliphatic carbocycles. The van der Waals surface area contributed by atoms with Crippen LogP contribution in [0.2, 0.25) is 5.02 Å². The molecule has 9 heteroatoms. The zero-order chi connectivity index (χ0) is 24.9. The van der Waals surface area contributed by atoms with Crippen LogP contribution in [-0.2, 0) is 14.4 Å². The van der Waals surface area contributed by atoms with Crippen molar-refractivity contribution in [1.29, 1.82) is 0 Å². The minimum Gasteiger partial charge on any atom is -0.495 e. The molecule has 2 aromatic carbocycles. The Labute approximate surface area is 207 Å². The Hall–Kier alpha value is -2.97. The van der Waals surface area contributed by atoms with Crippen LogP contribution in [0, 0.1) is 11.8 Å². The predicted octanol–water partition coefficient (Wildman–Crippen LogP) is 5.46. The Kier molecular flexibility index (Phi) is 8.28. The van der Waals surface area contributed by atoms with E-state index in [4.69, 9.17) is 16.3 Å². The maximum Gasteiger partial charge on any atom is 0.307 e. The van der Waals surface area contributed by atoms with Crippen molar-refractivity contribution in [3.8, 4) is 5.75 Å². The quantitative estimate of drug-likeness (QED) is 0.327. The van der Waals surface area contributed by atoms with Crippen LogP contribution in [0.1, 0.15) is 26.7 Å². The first-order chi connectivity index (χ1) is 16.1. The number of allylic oxidation sites excluding steroid dienone is 2. The fraction of sp³-hybridized carbons (Fsp3) is 0.320. The first-order valence-corrected chi connectivity index (χ1v) is 11.9. The van der Waals surface area contributed by atoms with E-state index in [1.807, 2.05) is 32.1 Å². The van der Waals surface area contributed by atoms with Gasteiger partial charge in [0, 0.05) is 16.3 Å². The zero-order valence-electron chi connectivity index (χ0n) is 19.1. The number of carboxylic acid groups (broad SMARTS) is 1. The van der Waals surface area contributed by atoms with Crippen LogP contribution in [0.4, 0.5) is 11.4 Å². The number of halogens is 1. The van der Waals surface area contributed by atoms with E-state index in [0.717, 1.165) is 4.90 Å². The van der Waals surface area contributed by atoms with Crippen LogP contribution in [-0.4, -0.2) is 34.7 Å². The van der Waals surface area contributed by atoms with Crippen molar-refractivity contribution in [3.63, 3.8) is 0 Å². The molecule has 0 heterocycles. The highest BCUT2D eigenvalue weighted by atomic mass is 35.5. The maximum absolute atomic E-state index is 12.9. The normalized spacial score (nSPS) is 17.6. The SMILES string of the molecule is COc1ccc(NC(=O)C(C)(C)Sc2ccc(NC(=O)[C@H]3CC=CC[C@@H]3C(=O)O)cc2)cc1Cl. The number of rotatable bonds is 8. The summed E-state index contributed by atoms with van der Waals surface area (Å²) < 4.78 is 4.34. The lowest BCUT2D eigenvalue weighted by molar-refractivity contribution is -0.146. The van der Waals surface area contributed by atoms with E-state index in [-0.39, 0.29) is 11.8 Å². The molecule has 180 valence electrons. The Morgan fingerprint density at radius 1 is 1.00 bits per heavy atom. The molecular weight excluding hydrogens is 476 g/mol. The number of amides is 2. The molecule has 0 radical (unpaired) electrons. The van der Waals surface area contributed by atoms with E-state index in [9.17, 15) is 19.5 Å². The third-order valence-corrected chi connectivity index (χ3v) is 7.04. The third kappa shape index (κ3) is 6.33. The lowest BCUT2D eigenvalue weighted by Crippen LogP contribution is -2.34. The second kappa shape index (κ2) is 11.0. The van der Waals surface area contributed by atoms with Crippen LogP contribution in [0.5, 0.6) is 5.75 Å². The second-order valence-corrected chi connectivity index (χ2v) is 10.5. The van der Waals surface area contributed by atoms with Gasteiger partial charge in [-0.25, -0.2) is 0 Å². The van der Waals surface area contributed by atoms with Crippen molar-refractivity contribution in [1.82, 2.24) is 0 Å². The Morgan fingerprint density at radius 2 is 1.62 bits per heavy atom. The number of thioether (sulfide) groups is 1. The lowest BCUT2D eigenvalue weighted by Gasteiger charge is -2.24. The van der Waals surface area contributed by atoms with Crippen molar-refractivity contribution in [2.45, 2.75) is 36.3 Å². The van der Waals surface area contributed by atoms with Gasteiger partial charge in [-0.15, -0.1) is 11.8 Å². The smallest absolute Gasteiger partial charge is 0.307 e. The molecule has 2 amide bonds. The topological polar surface area (TPSA) is 105 Å². The largest absolute Gasteiger partial charge is 0.495 e. The molecule has 0 fully saturated rings. The standard InChI is InChI=1S/C25H27ClN2O5S/c1-25(2,24(32)28-16-10-13-21(33-3)20(26)14-16)34-17-11-8-15(9-12-17)27-22(29)18-6-4-5-7-19(18)23(30)31/h4-5,8-14,18-19H,6-7H2,1-3H3,(H,27,29)(H,28,32)(H,30,31)/t18-,19-/m0/s1. The van der Waals surface area contributed by atoms with Crippen molar-refractivity contribution in [2.75, 3.05) is 17.7 Å². The van der Waals surface area contributed by atoms with Gasteiger partial charge in [0.15, 0.2) is 0 Å². The van der Waals surface area contributed by atoms with Crippen LogP contribution in [0.25, 0.3) is 0 Å². The molecule has 1 aliphatic rings. The van der Waals surface area contributed by atoms with E-state index in [0.29, 0.717) is 35.0 Å². The van der Waals surface area contributed by atoms with Gasteiger partial charge in [0.05, 0.1) is 28.7 Å². The molecule has 3 rings (SSSR count). The number of benzene rings is 2. The number of hydrogen-bond acceptors (Lipinski definition) is 5. The number of hydrogen-bond donors (Lipinski definition) is 3. The third-order valence-electron chi connectivity index (χ3n) is 5.54. The summed E-state index contributed by atoms with van der Waals surface area (Å²) in [6.07, 6.45) is 4.40. The van der Waals surface area contributed by atoms with Gasteiger partial charge >= 0.3 is 5.97 Å². The molecule has 3 N–H and O–H groups in total. The van der Waals surface area contributed by atoms with Gasteiger partial charge in [0.2, 0.25) is 11.8 Å². The van der Waals surface area contributed by atoms with E-state index in [1.165, 1.54) is 18.9 Å². The van der Waals surface area contributed by atoms with E-state index in [2.05, 4.69) is 10.6 Å². The molecule has 0 saturated carbocycles. The summed E-state index contributed by atoms with van der Waals surface area (Å²) in [5.41, 5.74) is 1.14. The number of anilines is 2. The number of carbonyl (C=O) groups is 3. The summed E-state index contributed by atoms with van der Waals surface area (Å²) in [6.45, 7) is 3.63. The Morgan fingerprint density at radius 3 is 2.21 bits per heavy atom. The van der Waals surface area contributed by atoms with Crippen molar-refractivity contribution in [3.05, 3.63) is 59.6 Å². The lowest BCUT2D eigenvalue weighted by atomic mass is 9.82. The number of methoxy groups -OCH3 is 1. The number of ether oxygens (including phenoxy) is 1. The summed E-state index contributed by atoms with van der Waals surface area (Å²) in [7, 11) is 1.52. The molecule has 0 aliphatic heterocycles. The van der Waals surface area contributed by atoms with E-state index < -0.39 is 22.6 Å². The molecule has 2 aromatic rings. The summed E-state index contributed by atoms with van der Waals surface area (Å²) in [6, 6.07) is 12.2. The monoisotopic (exact) mass is 502 g/mol. The predicted molar refractivity (Wildman–Crippen MR) is 135 cm³/mol. The Balaban J connectivity index is 1.61. The fourth-order valence-electron chi connectivity index (χ4n) is 3.58. The fourth-order valence-corrected chi connectivity index (χ4v) is 4.85. The number of nitrogens with one attached hydrogen (secondary N) is 2. The second-order valence-electron chi connectivity index (χ2n) is 8.42. The molecule has 0 saturated heterocycles. The average Bonchev–Trinajstić information content (AvgIpc) is 2.80. The summed E-state index contributed by atoms with van der Waals surface area (Å²) in [5, 5.41) is 15.5. The van der Waals surface area contributed by atoms with Crippen molar-refractivity contribution in [2.24, 2.45) is 11.8 Å². The molecule has 0 aromatic heterocycles. The highest BCUT2D eigenvalue weighted by Crippen LogP contribution is 2.35. The summed E-state index contributed by atoms with van der Waals surface area (Å²) >= 11 is 7.51. The summed E-state index contributed by atoms with van der Waals surface area (Å²) in [4.78, 5) is 37.8. The van der Waals surface area contributed by atoms with E-state index in [1.54, 1.807) is 36.4 Å². The number of carboxylic acids is 1. The van der Waals surface area contributed by atoms with Crippen LogP contribution < -0.4 is 15.4 Å². The molecule has 34 heavy (non-hydrogen) atoms. The molecule has 7 nitrogen and oxygen atoms in total.